The van der Waals surface area contributed by atoms with Crippen molar-refractivity contribution in [2.45, 2.75) is 12.5 Å². The number of nitro groups is 1. The van der Waals surface area contributed by atoms with E-state index in [-0.39, 0.29) is 28.8 Å². The predicted octanol–water partition coefficient (Wildman–Crippen LogP) is 3.12. The highest BCUT2D eigenvalue weighted by Gasteiger charge is 2.39. The van der Waals surface area contributed by atoms with Crippen LogP contribution < -0.4 is 0 Å². The lowest BCUT2D eigenvalue weighted by atomic mass is 9.98. The van der Waals surface area contributed by atoms with Gasteiger partial charge < -0.3 is 9.80 Å². The number of nitro benzene ring substituents is 1. The zero-order valence-electron chi connectivity index (χ0n) is 16.2. The molecule has 0 aromatic heterocycles. The van der Waals surface area contributed by atoms with Crippen molar-refractivity contribution in [2.75, 3.05) is 14.1 Å². The minimum absolute atomic E-state index is 0.0826. The predicted molar refractivity (Wildman–Crippen MR) is 111 cm³/mol. The van der Waals surface area contributed by atoms with Gasteiger partial charge in [0.15, 0.2) is 0 Å². The second kappa shape index (κ2) is 8.10. The van der Waals surface area contributed by atoms with Gasteiger partial charge >= 0.3 is 0 Å². The minimum Gasteiger partial charge on any atom is -0.328 e. The molecule has 0 aliphatic carbocycles. The van der Waals surface area contributed by atoms with E-state index < -0.39 is 11.0 Å². The molecule has 1 heterocycles. The lowest BCUT2D eigenvalue weighted by Crippen LogP contribution is -2.56. The molecule has 1 saturated heterocycles. The summed E-state index contributed by atoms with van der Waals surface area (Å²) in [6.07, 6.45) is 3.27. The summed E-state index contributed by atoms with van der Waals surface area (Å²) in [5.74, 6) is -0.623. The Bertz CT molecular complexity index is 1010. The third kappa shape index (κ3) is 3.80. The highest BCUT2D eigenvalue weighted by Crippen LogP contribution is 2.29. The molecule has 7 heteroatoms. The summed E-state index contributed by atoms with van der Waals surface area (Å²) in [6, 6.07) is 13.4. The second-order valence-electron chi connectivity index (χ2n) is 6.79. The van der Waals surface area contributed by atoms with Gasteiger partial charge in [0, 0.05) is 26.6 Å². The molecule has 0 spiro atoms. The monoisotopic (exact) mass is 391 g/mol. The van der Waals surface area contributed by atoms with Gasteiger partial charge in [-0.1, -0.05) is 55.1 Å². The summed E-state index contributed by atoms with van der Waals surface area (Å²) in [5.41, 5.74) is 1.62. The van der Waals surface area contributed by atoms with Crippen LogP contribution in [0.25, 0.3) is 12.2 Å². The summed E-state index contributed by atoms with van der Waals surface area (Å²) >= 11 is 0. The SMILES string of the molecule is C=Cc1cccc([N+](=O)[O-])c1/C=C1\C(=O)N(C)C(Cc2ccccc2)C(=O)N1C. The van der Waals surface area contributed by atoms with Crippen LogP contribution in [-0.4, -0.2) is 46.7 Å². The Hall–Kier alpha value is -3.74. The molecule has 1 aliphatic rings. The fraction of sp³-hybridized carbons (Fsp3) is 0.182. The number of hydrogen-bond acceptors (Lipinski definition) is 4. The molecule has 2 aromatic rings. The number of rotatable bonds is 5. The lowest BCUT2D eigenvalue weighted by Gasteiger charge is -2.38. The first-order valence-corrected chi connectivity index (χ1v) is 9.05. The van der Waals surface area contributed by atoms with Crippen molar-refractivity contribution in [3.8, 4) is 0 Å². The maximum absolute atomic E-state index is 13.0. The molecule has 1 unspecified atom stereocenters. The smallest absolute Gasteiger partial charge is 0.277 e. The van der Waals surface area contributed by atoms with Crippen LogP contribution in [0.1, 0.15) is 16.7 Å². The quantitative estimate of drug-likeness (QED) is 0.445. The number of nitrogens with zero attached hydrogens (tertiary/aromatic N) is 3. The van der Waals surface area contributed by atoms with Crippen molar-refractivity contribution in [3.05, 3.63) is 87.6 Å². The van der Waals surface area contributed by atoms with Gasteiger partial charge in [-0.15, -0.1) is 0 Å². The molecule has 0 saturated carbocycles. The second-order valence-corrected chi connectivity index (χ2v) is 6.79. The Kier molecular flexibility index (Phi) is 5.59. The van der Waals surface area contributed by atoms with E-state index in [9.17, 15) is 19.7 Å². The van der Waals surface area contributed by atoms with E-state index in [0.29, 0.717) is 12.0 Å². The molecule has 7 nitrogen and oxygen atoms in total. The first kappa shape index (κ1) is 20.0. The van der Waals surface area contributed by atoms with Crippen molar-refractivity contribution in [3.63, 3.8) is 0 Å². The maximum Gasteiger partial charge on any atom is 0.277 e. The van der Waals surface area contributed by atoms with Crippen LogP contribution >= 0.6 is 0 Å². The zero-order chi connectivity index (χ0) is 21.1. The van der Waals surface area contributed by atoms with Gasteiger partial charge in [0.1, 0.15) is 11.7 Å². The van der Waals surface area contributed by atoms with Gasteiger partial charge in [0.2, 0.25) is 5.91 Å². The Morgan fingerprint density at radius 2 is 1.79 bits per heavy atom. The molecule has 0 bridgehead atoms. The number of amides is 2. The molecule has 148 valence electrons. The molecular weight excluding hydrogens is 370 g/mol. The Labute approximate surface area is 168 Å². The third-order valence-corrected chi connectivity index (χ3v) is 5.07. The number of carbonyl (C=O) groups is 2. The highest BCUT2D eigenvalue weighted by molar-refractivity contribution is 6.07. The van der Waals surface area contributed by atoms with Crippen LogP contribution in [0.15, 0.2) is 60.8 Å². The largest absolute Gasteiger partial charge is 0.328 e. The number of carbonyl (C=O) groups excluding carboxylic acids is 2. The van der Waals surface area contributed by atoms with Crippen LogP contribution in [0.3, 0.4) is 0 Å². The van der Waals surface area contributed by atoms with Crippen LogP contribution in [-0.2, 0) is 16.0 Å². The molecule has 1 aliphatic heterocycles. The molecular formula is C22H21N3O4. The Morgan fingerprint density at radius 3 is 2.41 bits per heavy atom. The van der Waals surface area contributed by atoms with E-state index in [1.807, 2.05) is 30.3 Å². The molecule has 2 amide bonds. The van der Waals surface area contributed by atoms with Gasteiger partial charge in [0.25, 0.3) is 11.6 Å². The van der Waals surface area contributed by atoms with Gasteiger partial charge in [-0.25, -0.2) is 0 Å². The van der Waals surface area contributed by atoms with Crippen LogP contribution in [0.4, 0.5) is 5.69 Å². The molecule has 3 rings (SSSR count). The topological polar surface area (TPSA) is 83.8 Å². The molecule has 0 radical (unpaired) electrons. The fourth-order valence-corrected chi connectivity index (χ4v) is 3.40. The molecule has 29 heavy (non-hydrogen) atoms. The Morgan fingerprint density at radius 1 is 1.10 bits per heavy atom. The zero-order valence-corrected chi connectivity index (χ0v) is 16.2. The number of piperazine rings is 1. The molecule has 1 atom stereocenters. The van der Waals surface area contributed by atoms with Crippen molar-refractivity contribution in [1.82, 2.24) is 9.80 Å². The van der Waals surface area contributed by atoms with E-state index in [2.05, 4.69) is 6.58 Å². The number of hydrogen-bond donors (Lipinski definition) is 0. The van der Waals surface area contributed by atoms with E-state index in [0.717, 1.165) is 5.56 Å². The number of likely N-dealkylation sites (N-methyl/N-ethyl adjacent to an activating group) is 2. The highest BCUT2D eigenvalue weighted by atomic mass is 16.6. The average Bonchev–Trinajstić information content (AvgIpc) is 2.73. The third-order valence-electron chi connectivity index (χ3n) is 5.07. The number of benzene rings is 2. The average molecular weight is 391 g/mol. The maximum atomic E-state index is 13.0. The van der Waals surface area contributed by atoms with Gasteiger partial charge in [-0.3, -0.25) is 19.7 Å². The van der Waals surface area contributed by atoms with Gasteiger partial charge in [-0.2, -0.15) is 0 Å². The van der Waals surface area contributed by atoms with E-state index in [4.69, 9.17) is 0 Å². The van der Waals surface area contributed by atoms with Crippen molar-refractivity contribution in [2.24, 2.45) is 0 Å². The molecule has 0 N–H and O–H groups in total. The van der Waals surface area contributed by atoms with E-state index in [1.54, 1.807) is 19.2 Å². The summed E-state index contributed by atoms with van der Waals surface area (Å²) in [5, 5.41) is 11.4. The van der Waals surface area contributed by atoms with Gasteiger partial charge in [0.05, 0.1) is 10.5 Å². The van der Waals surface area contributed by atoms with Crippen LogP contribution in [0.2, 0.25) is 0 Å². The van der Waals surface area contributed by atoms with Crippen molar-refractivity contribution < 1.29 is 14.5 Å². The van der Waals surface area contributed by atoms with E-state index >= 15 is 0 Å². The Balaban J connectivity index is 2.01. The van der Waals surface area contributed by atoms with Gasteiger partial charge in [-0.05, 0) is 17.2 Å². The normalized spacial score (nSPS) is 18.3. The fourth-order valence-electron chi connectivity index (χ4n) is 3.40. The summed E-state index contributed by atoms with van der Waals surface area (Å²) in [7, 11) is 3.09. The first-order valence-electron chi connectivity index (χ1n) is 9.05. The molecule has 1 fully saturated rings. The van der Waals surface area contributed by atoms with Crippen LogP contribution in [0.5, 0.6) is 0 Å². The van der Waals surface area contributed by atoms with Crippen molar-refractivity contribution >= 4 is 29.7 Å². The summed E-state index contributed by atoms with van der Waals surface area (Å²) < 4.78 is 0. The minimum atomic E-state index is -0.642. The molecule has 2 aromatic carbocycles. The van der Waals surface area contributed by atoms with Crippen LogP contribution in [0, 0.1) is 10.1 Å². The first-order chi connectivity index (χ1) is 13.8. The summed E-state index contributed by atoms with van der Waals surface area (Å²) in [6.45, 7) is 3.68. The van der Waals surface area contributed by atoms with E-state index in [1.165, 1.54) is 35.1 Å². The van der Waals surface area contributed by atoms with Crippen molar-refractivity contribution in [1.29, 1.82) is 0 Å². The summed E-state index contributed by atoms with van der Waals surface area (Å²) in [4.78, 5) is 39.6. The standard InChI is InChI=1S/C22H21N3O4/c1-4-16-11-8-12-18(25(28)29)17(16)14-20-22(27)23(2)19(21(26)24(20)3)13-15-9-6-5-7-10-15/h4-12,14,19H,1,13H2,2-3H3/b20-14+. The lowest BCUT2D eigenvalue weighted by molar-refractivity contribution is -0.385.